The maximum atomic E-state index is 11.9. The Balaban J connectivity index is 1.48. The molecule has 0 unspecified atom stereocenters. The van der Waals surface area contributed by atoms with E-state index in [0.717, 1.165) is 62.3 Å². The topological polar surface area (TPSA) is 105 Å². The maximum Gasteiger partial charge on any atom is 0.240 e. The van der Waals surface area contributed by atoms with Gasteiger partial charge < -0.3 is 26.1 Å². The molecule has 6 rings (SSSR count). The average molecular weight is 420 g/mol. The Labute approximate surface area is 176 Å². The standard InChI is InChI=1S/C22H21N5O2S/c23-22(28)20(11-1-2-11)26-13-8-15-18-16(9-13)29-6-5-24-21(18)19(27-15)12-3-4-14-17(7-12)30-10-25-14/h3-4,7-11,20,24,26-27H,1-2,5-6H2,(H2,23,28)/t20-/m0/s1. The number of amides is 1. The number of H-pyrrole nitrogens is 1. The number of hydrogen-bond acceptors (Lipinski definition) is 6. The molecule has 8 heteroatoms. The third-order valence-corrected chi connectivity index (χ3v) is 6.66. The zero-order valence-corrected chi connectivity index (χ0v) is 17.0. The number of nitrogens with one attached hydrogen (secondary N) is 3. The second-order valence-corrected chi connectivity index (χ2v) is 8.83. The molecular formula is C22H21N5O2S. The minimum Gasteiger partial charge on any atom is -0.491 e. The SMILES string of the molecule is NC(=O)[C@@H](Nc1cc2c3c(c(-c4ccc5ncsc5c4)[nH]c3c1)NCCO2)C1CC1. The van der Waals surface area contributed by atoms with E-state index < -0.39 is 0 Å². The smallest absolute Gasteiger partial charge is 0.240 e. The highest BCUT2D eigenvalue weighted by atomic mass is 32.1. The quantitative estimate of drug-likeness (QED) is 0.392. The van der Waals surface area contributed by atoms with Crippen LogP contribution in [-0.2, 0) is 4.79 Å². The predicted molar refractivity (Wildman–Crippen MR) is 120 cm³/mol. The summed E-state index contributed by atoms with van der Waals surface area (Å²) in [6.45, 7) is 1.29. The van der Waals surface area contributed by atoms with E-state index >= 15 is 0 Å². The van der Waals surface area contributed by atoms with Gasteiger partial charge in [0, 0.05) is 23.9 Å². The number of fused-ring (bicyclic) bond motifs is 1. The fourth-order valence-electron chi connectivity index (χ4n) is 4.26. The molecule has 1 saturated carbocycles. The first-order valence-corrected chi connectivity index (χ1v) is 11.0. The summed E-state index contributed by atoms with van der Waals surface area (Å²) >= 11 is 1.63. The number of nitrogens with zero attached hydrogens (tertiary/aromatic N) is 1. The van der Waals surface area contributed by atoms with Crippen molar-refractivity contribution < 1.29 is 9.53 Å². The first kappa shape index (κ1) is 17.6. The molecule has 1 aliphatic heterocycles. The van der Waals surface area contributed by atoms with Gasteiger partial charge in [-0.2, -0.15) is 0 Å². The molecule has 5 N–H and O–H groups in total. The molecule has 1 fully saturated rings. The number of rotatable bonds is 5. The Hall–Kier alpha value is -3.26. The summed E-state index contributed by atoms with van der Waals surface area (Å²) in [5.74, 6) is 0.813. The molecule has 1 aliphatic carbocycles. The van der Waals surface area contributed by atoms with Crippen molar-refractivity contribution in [2.24, 2.45) is 11.7 Å². The van der Waals surface area contributed by atoms with Crippen molar-refractivity contribution in [1.29, 1.82) is 0 Å². The summed E-state index contributed by atoms with van der Waals surface area (Å²) < 4.78 is 7.19. The van der Waals surface area contributed by atoms with Gasteiger partial charge in [-0.05, 0) is 37.0 Å². The molecule has 2 aromatic carbocycles. The molecule has 0 radical (unpaired) electrons. The molecule has 2 aliphatic rings. The van der Waals surface area contributed by atoms with Gasteiger partial charge in [-0.3, -0.25) is 4.79 Å². The Morgan fingerprint density at radius 1 is 1.30 bits per heavy atom. The summed E-state index contributed by atoms with van der Waals surface area (Å²) in [7, 11) is 0. The summed E-state index contributed by atoms with van der Waals surface area (Å²) in [4.78, 5) is 19.9. The van der Waals surface area contributed by atoms with Crippen LogP contribution >= 0.6 is 11.3 Å². The van der Waals surface area contributed by atoms with Crippen molar-refractivity contribution >= 4 is 49.7 Å². The zero-order valence-electron chi connectivity index (χ0n) is 16.2. The number of carbonyl (C=O) groups is 1. The molecule has 30 heavy (non-hydrogen) atoms. The van der Waals surface area contributed by atoms with Crippen LogP contribution in [0.25, 0.3) is 32.4 Å². The predicted octanol–water partition coefficient (Wildman–Crippen LogP) is 3.92. The van der Waals surface area contributed by atoms with Crippen molar-refractivity contribution in [2.45, 2.75) is 18.9 Å². The van der Waals surface area contributed by atoms with E-state index in [4.69, 9.17) is 10.5 Å². The number of nitrogens with two attached hydrogens (primary N) is 1. The highest BCUT2D eigenvalue weighted by Crippen LogP contribution is 2.44. The lowest BCUT2D eigenvalue weighted by molar-refractivity contribution is -0.119. The Bertz CT molecular complexity index is 1290. The van der Waals surface area contributed by atoms with Crippen LogP contribution in [0.2, 0.25) is 0 Å². The molecule has 1 amide bonds. The summed E-state index contributed by atoms with van der Waals surface area (Å²) in [5, 5.41) is 7.89. The van der Waals surface area contributed by atoms with Gasteiger partial charge in [-0.25, -0.2) is 4.98 Å². The first-order valence-electron chi connectivity index (χ1n) is 10.1. The normalized spacial score (nSPS) is 16.7. The molecule has 0 spiro atoms. The molecule has 7 nitrogen and oxygen atoms in total. The Morgan fingerprint density at radius 2 is 2.20 bits per heavy atom. The first-order chi connectivity index (χ1) is 14.7. The lowest BCUT2D eigenvalue weighted by Crippen LogP contribution is -2.37. The van der Waals surface area contributed by atoms with E-state index in [1.807, 2.05) is 23.7 Å². The number of aromatic nitrogens is 2. The highest BCUT2D eigenvalue weighted by molar-refractivity contribution is 7.16. The number of primary amides is 1. The fraction of sp³-hybridized carbons (Fsp3) is 0.273. The molecule has 3 heterocycles. The summed E-state index contributed by atoms with van der Waals surface area (Å²) in [5.41, 5.74) is 13.5. The van der Waals surface area contributed by atoms with Crippen molar-refractivity contribution in [3.05, 3.63) is 35.8 Å². The van der Waals surface area contributed by atoms with Crippen LogP contribution in [-0.4, -0.2) is 35.1 Å². The maximum absolute atomic E-state index is 11.9. The molecule has 4 aromatic rings. The third-order valence-electron chi connectivity index (χ3n) is 5.87. The molecule has 0 bridgehead atoms. The summed E-state index contributed by atoms with van der Waals surface area (Å²) in [6, 6.07) is 9.96. The zero-order chi connectivity index (χ0) is 20.2. The van der Waals surface area contributed by atoms with Gasteiger partial charge >= 0.3 is 0 Å². The average Bonchev–Trinajstić information content (AvgIpc) is 3.40. The Kier molecular flexibility index (Phi) is 3.89. The number of ether oxygens (including phenoxy) is 1. The van der Waals surface area contributed by atoms with E-state index in [1.165, 1.54) is 0 Å². The van der Waals surface area contributed by atoms with E-state index in [0.29, 0.717) is 19.1 Å². The van der Waals surface area contributed by atoms with Crippen molar-refractivity contribution in [3.63, 3.8) is 0 Å². The van der Waals surface area contributed by atoms with Crippen molar-refractivity contribution in [2.75, 3.05) is 23.8 Å². The van der Waals surface area contributed by atoms with Crippen LogP contribution in [0.3, 0.4) is 0 Å². The number of thiazole rings is 1. The number of carbonyl (C=O) groups excluding carboxylic acids is 1. The third kappa shape index (κ3) is 2.87. The van der Waals surface area contributed by atoms with E-state index in [2.05, 4.69) is 32.7 Å². The van der Waals surface area contributed by atoms with Crippen LogP contribution in [0.4, 0.5) is 11.4 Å². The minimum atomic E-state index is -0.346. The second-order valence-electron chi connectivity index (χ2n) is 7.94. The number of anilines is 2. The van der Waals surface area contributed by atoms with Crippen LogP contribution in [0.1, 0.15) is 12.8 Å². The van der Waals surface area contributed by atoms with Gasteiger partial charge in [0.25, 0.3) is 0 Å². The van der Waals surface area contributed by atoms with Crippen LogP contribution in [0.5, 0.6) is 5.75 Å². The fourth-order valence-corrected chi connectivity index (χ4v) is 4.98. The minimum absolute atomic E-state index is 0.309. The van der Waals surface area contributed by atoms with E-state index in [9.17, 15) is 4.79 Å². The highest BCUT2D eigenvalue weighted by Gasteiger charge is 2.35. The molecule has 1 atom stereocenters. The van der Waals surface area contributed by atoms with Crippen LogP contribution in [0.15, 0.2) is 35.8 Å². The van der Waals surface area contributed by atoms with Gasteiger partial charge in [0.15, 0.2) is 0 Å². The van der Waals surface area contributed by atoms with Gasteiger partial charge in [-0.1, -0.05) is 6.07 Å². The monoisotopic (exact) mass is 419 g/mol. The Morgan fingerprint density at radius 3 is 3.03 bits per heavy atom. The molecule has 0 saturated heterocycles. The van der Waals surface area contributed by atoms with Crippen molar-refractivity contribution in [3.8, 4) is 17.0 Å². The van der Waals surface area contributed by atoms with Crippen molar-refractivity contribution in [1.82, 2.24) is 9.97 Å². The van der Waals surface area contributed by atoms with E-state index in [-0.39, 0.29) is 11.9 Å². The number of aromatic amines is 1. The number of benzene rings is 2. The lowest BCUT2D eigenvalue weighted by atomic mass is 10.1. The molecule has 2 aromatic heterocycles. The molecule has 152 valence electrons. The number of hydrogen-bond donors (Lipinski definition) is 4. The molecular weight excluding hydrogens is 398 g/mol. The van der Waals surface area contributed by atoms with Crippen LogP contribution < -0.4 is 21.1 Å². The second kappa shape index (κ2) is 6.63. The van der Waals surface area contributed by atoms with Crippen LogP contribution in [0, 0.1) is 5.92 Å². The van der Waals surface area contributed by atoms with Gasteiger partial charge in [0.05, 0.1) is 38.0 Å². The van der Waals surface area contributed by atoms with Gasteiger partial charge in [-0.15, -0.1) is 11.3 Å². The van der Waals surface area contributed by atoms with Gasteiger partial charge in [0.1, 0.15) is 18.4 Å². The van der Waals surface area contributed by atoms with E-state index in [1.54, 1.807) is 11.3 Å². The largest absolute Gasteiger partial charge is 0.491 e. The van der Waals surface area contributed by atoms with Gasteiger partial charge in [0.2, 0.25) is 5.91 Å². The lowest BCUT2D eigenvalue weighted by Gasteiger charge is -2.17. The summed E-state index contributed by atoms with van der Waals surface area (Å²) in [6.07, 6.45) is 2.07.